The normalized spacial score (nSPS) is 18.8. The largest absolute Gasteiger partial charge is 0.412 e. The molecule has 2 fully saturated rings. The summed E-state index contributed by atoms with van der Waals surface area (Å²) >= 11 is 0. The van der Waals surface area contributed by atoms with Crippen LogP contribution in [0.15, 0.2) is 59.5 Å². The summed E-state index contributed by atoms with van der Waals surface area (Å²) in [6.07, 6.45) is 1.30. The van der Waals surface area contributed by atoms with Crippen molar-refractivity contribution in [3.63, 3.8) is 0 Å². The zero-order valence-electron chi connectivity index (χ0n) is 18.8. The molecule has 0 radical (unpaired) electrons. The number of carbonyl (C=O) groups is 1. The van der Waals surface area contributed by atoms with Crippen molar-refractivity contribution in [2.75, 3.05) is 64.3 Å². The van der Waals surface area contributed by atoms with Crippen LogP contribution in [0.3, 0.4) is 0 Å². The molecule has 2 aromatic rings. The van der Waals surface area contributed by atoms with Crippen LogP contribution < -0.4 is 4.90 Å². The number of rotatable bonds is 6. The highest BCUT2D eigenvalue weighted by atomic mass is 32.2. The van der Waals surface area contributed by atoms with Crippen molar-refractivity contribution in [3.05, 3.63) is 60.2 Å². The molecule has 1 atom stereocenters. The molecule has 0 spiro atoms. The maximum absolute atomic E-state index is 13.0. The number of benzene rings is 2. The van der Waals surface area contributed by atoms with Crippen LogP contribution in [0.2, 0.25) is 0 Å². The van der Waals surface area contributed by atoms with E-state index < -0.39 is 11.0 Å². The quantitative estimate of drug-likeness (QED) is 0.656. The number of hydrogen-bond donors (Lipinski definition) is 0. The molecule has 2 aliphatic rings. The van der Waals surface area contributed by atoms with E-state index in [0.717, 1.165) is 37.5 Å². The van der Waals surface area contributed by atoms with Crippen LogP contribution in [0.4, 0.5) is 5.69 Å². The number of anilines is 1. The van der Waals surface area contributed by atoms with Gasteiger partial charge >= 0.3 is 0 Å². The molecule has 1 unspecified atom stereocenters. The molecule has 0 bridgehead atoms. The molecule has 2 saturated heterocycles. The molecular weight excluding hydrogens is 424 g/mol. The summed E-state index contributed by atoms with van der Waals surface area (Å²) in [5.41, 5.74) is 2.39. The number of piperazine rings is 2. The van der Waals surface area contributed by atoms with Crippen LogP contribution in [-0.2, 0) is 22.2 Å². The molecule has 0 saturated carbocycles. The van der Waals surface area contributed by atoms with Gasteiger partial charge in [0.25, 0.3) is 0 Å². The molecule has 2 aromatic carbocycles. The highest BCUT2D eigenvalue weighted by Gasteiger charge is 2.25. The minimum atomic E-state index is -1.18. The summed E-state index contributed by atoms with van der Waals surface area (Å²) < 4.78 is 15.0. The fraction of sp³-hybridized carbons (Fsp3) is 0.458. The van der Waals surface area contributed by atoms with Crippen molar-refractivity contribution in [3.8, 4) is 0 Å². The smallest absolute Gasteiger partial charge is 0.222 e. The van der Waals surface area contributed by atoms with Gasteiger partial charge in [-0.15, -0.1) is 0 Å². The Bertz CT molecular complexity index is 878. The first-order chi connectivity index (χ1) is 15.1. The Morgan fingerprint density at radius 1 is 0.844 bits per heavy atom. The first-order valence-electron chi connectivity index (χ1n) is 11.1. The molecule has 0 aromatic heterocycles. The van der Waals surface area contributed by atoms with E-state index in [1.165, 1.54) is 11.3 Å². The van der Waals surface area contributed by atoms with Gasteiger partial charge in [0.1, 0.15) is 11.0 Å². The average molecular weight is 459 g/mol. The zero-order chi connectivity index (χ0) is 21.6. The molecule has 2 N–H and O–H groups in total. The molecule has 4 rings (SSSR count). The lowest BCUT2D eigenvalue weighted by Crippen LogP contribution is -2.49. The fourth-order valence-corrected chi connectivity index (χ4v) is 5.31. The molecule has 32 heavy (non-hydrogen) atoms. The van der Waals surface area contributed by atoms with Crippen molar-refractivity contribution in [1.29, 1.82) is 0 Å². The van der Waals surface area contributed by atoms with Gasteiger partial charge in [0.2, 0.25) is 5.91 Å². The van der Waals surface area contributed by atoms with E-state index in [1.54, 1.807) is 0 Å². The van der Waals surface area contributed by atoms with Gasteiger partial charge in [-0.2, -0.15) is 0 Å². The number of hydrogen-bond acceptors (Lipinski definition) is 4. The second kappa shape index (κ2) is 11.6. The first-order valence-corrected chi connectivity index (χ1v) is 12.2. The maximum Gasteiger partial charge on any atom is 0.222 e. The third-order valence-electron chi connectivity index (χ3n) is 6.20. The van der Waals surface area contributed by atoms with Gasteiger partial charge in [0.05, 0.1) is 4.90 Å². The Morgan fingerprint density at radius 2 is 1.47 bits per heavy atom. The molecule has 2 aliphatic heterocycles. The molecule has 1 amide bonds. The molecule has 2 heterocycles. The highest BCUT2D eigenvalue weighted by molar-refractivity contribution is 7.82. The monoisotopic (exact) mass is 458 g/mol. The van der Waals surface area contributed by atoms with Crippen molar-refractivity contribution in [2.45, 2.75) is 17.7 Å². The number of aryl methyl sites for hydroxylation is 1. The van der Waals surface area contributed by atoms with E-state index in [2.05, 4.69) is 41.1 Å². The Kier molecular flexibility index (Phi) is 8.81. The third kappa shape index (κ3) is 6.16. The Labute approximate surface area is 193 Å². The first kappa shape index (κ1) is 24.4. The van der Waals surface area contributed by atoms with Crippen molar-refractivity contribution in [2.24, 2.45) is 0 Å². The topological polar surface area (TPSA) is 78.6 Å². The second-order valence-corrected chi connectivity index (χ2v) is 9.81. The Morgan fingerprint density at radius 3 is 2.09 bits per heavy atom. The van der Waals surface area contributed by atoms with E-state index >= 15 is 0 Å². The van der Waals surface area contributed by atoms with Crippen LogP contribution in [0, 0.1) is 0 Å². The standard InChI is InChI=1S/C24H32N4O2S.H2O/c1-25-13-15-26(16-14-25)22-8-10-23(11-9-22)31(30)28-19-17-27(18-20-28)24(29)12-7-21-5-3-2-4-6-21;/h2-6,8-11H,7,12-20H2,1H3;1H2. The molecule has 0 aliphatic carbocycles. The van der Waals surface area contributed by atoms with Crippen LogP contribution in [0.1, 0.15) is 12.0 Å². The predicted octanol–water partition coefficient (Wildman–Crippen LogP) is 1.41. The number of amides is 1. The molecule has 7 nitrogen and oxygen atoms in total. The average Bonchev–Trinajstić information content (AvgIpc) is 2.83. The lowest BCUT2D eigenvalue weighted by Gasteiger charge is -2.35. The summed E-state index contributed by atoms with van der Waals surface area (Å²) in [6, 6.07) is 18.3. The summed E-state index contributed by atoms with van der Waals surface area (Å²) in [4.78, 5) is 20.0. The van der Waals surface area contributed by atoms with Gasteiger partial charge in [-0.3, -0.25) is 4.79 Å². The van der Waals surface area contributed by atoms with Gasteiger partial charge in [0, 0.05) is 64.5 Å². The van der Waals surface area contributed by atoms with Crippen molar-refractivity contribution in [1.82, 2.24) is 14.1 Å². The lowest BCUT2D eigenvalue weighted by atomic mass is 10.1. The number of carbonyl (C=O) groups excluding carboxylic acids is 1. The van der Waals surface area contributed by atoms with Gasteiger partial charge in [-0.05, 0) is 43.3 Å². The molecule has 174 valence electrons. The number of nitrogens with zero attached hydrogens (tertiary/aromatic N) is 4. The van der Waals surface area contributed by atoms with E-state index in [9.17, 15) is 9.00 Å². The Balaban J connectivity index is 0.00000289. The summed E-state index contributed by atoms with van der Waals surface area (Å²) in [5, 5.41) is 0. The van der Waals surface area contributed by atoms with E-state index in [-0.39, 0.29) is 11.4 Å². The van der Waals surface area contributed by atoms with E-state index in [1.807, 2.05) is 39.5 Å². The second-order valence-electron chi connectivity index (χ2n) is 8.33. The molecule has 8 heteroatoms. The van der Waals surface area contributed by atoms with E-state index in [0.29, 0.717) is 32.6 Å². The summed E-state index contributed by atoms with van der Waals surface area (Å²) in [7, 11) is 0.971. The highest BCUT2D eigenvalue weighted by Crippen LogP contribution is 2.21. The number of likely N-dealkylation sites (N-methyl/N-ethyl adjacent to an activating group) is 1. The van der Waals surface area contributed by atoms with E-state index in [4.69, 9.17) is 0 Å². The predicted molar refractivity (Wildman–Crippen MR) is 129 cm³/mol. The summed E-state index contributed by atoms with van der Waals surface area (Å²) in [5.74, 6) is 0.186. The molecular formula is C24H34N4O3S. The van der Waals surface area contributed by atoms with Crippen LogP contribution in [-0.4, -0.2) is 89.1 Å². The zero-order valence-corrected chi connectivity index (χ0v) is 19.6. The van der Waals surface area contributed by atoms with Crippen molar-refractivity contribution < 1.29 is 14.5 Å². The lowest BCUT2D eigenvalue weighted by molar-refractivity contribution is -0.132. The van der Waals surface area contributed by atoms with Gasteiger partial charge in [-0.1, -0.05) is 30.3 Å². The van der Waals surface area contributed by atoms with Gasteiger partial charge < -0.3 is 20.2 Å². The fourth-order valence-electron chi connectivity index (χ4n) is 4.14. The van der Waals surface area contributed by atoms with Crippen LogP contribution >= 0.6 is 0 Å². The SMILES string of the molecule is CN1CCN(c2ccc(S(=O)N3CCN(C(=O)CCc4ccccc4)CC3)cc2)CC1.O. The minimum absolute atomic E-state index is 0. The van der Waals surface area contributed by atoms with Crippen LogP contribution in [0.25, 0.3) is 0 Å². The Hall–Kier alpha value is -2.26. The minimum Gasteiger partial charge on any atom is -0.412 e. The maximum atomic E-state index is 13.0. The summed E-state index contributed by atoms with van der Waals surface area (Å²) in [6.45, 7) is 6.76. The van der Waals surface area contributed by atoms with Crippen molar-refractivity contribution >= 4 is 22.6 Å². The third-order valence-corrected chi connectivity index (χ3v) is 7.71. The van der Waals surface area contributed by atoms with Gasteiger partial charge in [0.15, 0.2) is 0 Å². The van der Waals surface area contributed by atoms with Crippen LogP contribution in [0.5, 0.6) is 0 Å². The van der Waals surface area contributed by atoms with Gasteiger partial charge in [-0.25, -0.2) is 8.51 Å².